The predicted octanol–water partition coefficient (Wildman–Crippen LogP) is 5.55. The fourth-order valence-corrected chi connectivity index (χ4v) is 2.58. The Bertz CT molecular complexity index is 709. The maximum atomic E-state index is 8.00. The van der Waals surface area contributed by atoms with Crippen LogP contribution >= 0.6 is 35.3 Å². The summed E-state index contributed by atoms with van der Waals surface area (Å²) in [4.78, 5) is 0.932. The summed E-state index contributed by atoms with van der Waals surface area (Å²) in [5.74, 6) is 0.425. The number of hydrogen-bond acceptors (Lipinski definition) is 3. The molecular weight excluding hydrogens is 405 g/mol. The van der Waals surface area contributed by atoms with Gasteiger partial charge in [0.25, 0.3) is 0 Å². The van der Waals surface area contributed by atoms with Crippen molar-refractivity contribution in [3.05, 3.63) is 77.0 Å². The van der Waals surface area contributed by atoms with Crippen LogP contribution in [0.4, 0.5) is 17.1 Å². The highest BCUT2D eigenvalue weighted by molar-refractivity contribution is 14.0. The molecule has 0 fully saturated rings. The summed E-state index contributed by atoms with van der Waals surface area (Å²) < 4.78 is 0. The average molecular weight is 421 g/mol. The van der Waals surface area contributed by atoms with Gasteiger partial charge in [0.15, 0.2) is 0 Å². The van der Waals surface area contributed by atoms with Crippen molar-refractivity contribution in [1.82, 2.24) is 0 Å². The summed E-state index contributed by atoms with van der Waals surface area (Å²) in [5, 5.41) is 16.4. The Morgan fingerprint density at radius 1 is 0.773 bits per heavy atom. The first-order valence-electron chi connectivity index (χ1n) is 6.63. The average Bonchev–Trinajstić information content (AvgIpc) is 3.05. The molecule has 3 aromatic rings. The highest BCUT2D eigenvalue weighted by Crippen LogP contribution is 2.19. The second kappa shape index (κ2) is 7.95. The lowest BCUT2D eigenvalue weighted by Gasteiger charge is -2.09. The highest BCUT2D eigenvalue weighted by Gasteiger charge is 2.02. The fourth-order valence-electron chi connectivity index (χ4n) is 1.95. The number of amidine groups is 1. The number of anilines is 3. The van der Waals surface area contributed by atoms with Gasteiger partial charge < -0.3 is 10.6 Å². The Labute approximate surface area is 150 Å². The molecule has 0 radical (unpaired) electrons. The Balaban J connectivity index is 0.00000176. The Morgan fingerprint density at radius 2 is 1.41 bits per heavy atom. The molecule has 3 N–H and O–H groups in total. The van der Waals surface area contributed by atoms with Gasteiger partial charge in [0.1, 0.15) is 5.84 Å². The monoisotopic (exact) mass is 421 g/mol. The van der Waals surface area contributed by atoms with Gasteiger partial charge in [-0.3, -0.25) is 5.41 Å². The second-order valence-corrected chi connectivity index (χ2v) is 5.49. The van der Waals surface area contributed by atoms with Crippen LogP contribution < -0.4 is 10.6 Å². The molecule has 0 amide bonds. The third-order valence-corrected chi connectivity index (χ3v) is 3.87. The molecule has 1 heterocycles. The summed E-state index contributed by atoms with van der Waals surface area (Å²) in [6.45, 7) is 0. The van der Waals surface area contributed by atoms with Crippen LogP contribution in [0.15, 0.2) is 72.1 Å². The number of benzene rings is 2. The lowest BCUT2D eigenvalue weighted by atomic mass is 10.2. The number of halogens is 1. The fraction of sp³-hybridized carbons (Fsp3) is 0. The van der Waals surface area contributed by atoms with E-state index >= 15 is 0 Å². The van der Waals surface area contributed by atoms with E-state index in [4.69, 9.17) is 5.41 Å². The summed E-state index contributed by atoms with van der Waals surface area (Å²) in [5.41, 5.74) is 2.99. The van der Waals surface area contributed by atoms with E-state index in [1.54, 1.807) is 11.3 Å². The van der Waals surface area contributed by atoms with Crippen molar-refractivity contribution >= 4 is 58.2 Å². The van der Waals surface area contributed by atoms with Gasteiger partial charge in [-0.25, -0.2) is 0 Å². The molecule has 0 unspecified atom stereocenters. The summed E-state index contributed by atoms with van der Waals surface area (Å²) in [7, 11) is 0. The lowest BCUT2D eigenvalue weighted by Crippen LogP contribution is -2.09. The molecule has 0 aliphatic heterocycles. The maximum absolute atomic E-state index is 8.00. The van der Waals surface area contributed by atoms with Crippen molar-refractivity contribution in [2.24, 2.45) is 0 Å². The molecule has 1 aromatic heterocycles. The standard InChI is InChI=1S/C17H15N3S.HI/c18-17(16-7-4-12-21-16)20-15-10-8-14(9-11-15)19-13-5-2-1-3-6-13;/h1-12,19H,(H2,18,20);1H. The summed E-state index contributed by atoms with van der Waals surface area (Å²) >= 11 is 1.56. The van der Waals surface area contributed by atoms with Gasteiger partial charge in [0, 0.05) is 17.1 Å². The van der Waals surface area contributed by atoms with Crippen molar-refractivity contribution in [3.63, 3.8) is 0 Å². The van der Waals surface area contributed by atoms with Crippen molar-refractivity contribution in [2.75, 3.05) is 10.6 Å². The third kappa shape index (κ3) is 4.32. The largest absolute Gasteiger partial charge is 0.356 e. The molecule has 0 spiro atoms. The Hall–Kier alpha value is -1.86. The van der Waals surface area contributed by atoms with Crippen LogP contribution in [0.3, 0.4) is 0 Å². The van der Waals surface area contributed by atoms with Crippen LogP contribution in [-0.4, -0.2) is 5.84 Å². The molecule has 22 heavy (non-hydrogen) atoms. The molecule has 3 rings (SSSR count). The van der Waals surface area contributed by atoms with Crippen LogP contribution in [0, 0.1) is 5.41 Å². The first-order chi connectivity index (χ1) is 10.3. The molecule has 0 saturated carbocycles. The molecule has 5 heteroatoms. The number of thiophene rings is 1. The van der Waals surface area contributed by atoms with Crippen LogP contribution in [0.25, 0.3) is 0 Å². The third-order valence-electron chi connectivity index (χ3n) is 2.98. The molecule has 0 bridgehead atoms. The van der Waals surface area contributed by atoms with Crippen LogP contribution in [-0.2, 0) is 0 Å². The van der Waals surface area contributed by atoms with E-state index in [1.165, 1.54) is 0 Å². The minimum atomic E-state index is 0. The Kier molecular flexibility index (Phi) is 5.97. The predicted molar refractivity (Wildman–Crippen MR) is 106 cm³/mol. The van der Waals surface area contributed by atoms with E-state index in [9.17, 15) is 0 Å². The van der Waals surface area contributed by atoms with Crippen molar-refractivity contribution in [1.29, 1.82) is 5.41 Å². The van der Waals surface area contributed by atoms with E-state index in [2.05, 4.69) is 10.6 Å². The minimum Gasteiger partial charge on any atom is -0.356 e. The zero-order valence-electron chi connectivity index (χ0n) is 11.7. The first-order valence-corrected chi connectivity index (χ1v) is 7.51. The van der Waals surface area contributed by atoms with Crippen LogP contribution in [0.2, 0.25) is 0 Å². The summed E-state index contributed by atoms with van der Waals surface area (Å²) in [6.07, 6.45) is 0. The number of hydrogen-bond donors (Lipinski definition) is 3. The number of nitrogens with one attached hydrogen (secondary N) is 3. The smallest absolute Gasteiger partial charge is 0.140 e. The Morgan fingerprint density at radius 3 is 2.05 bits per heavy atom. The van der Waals surface area contributed by atoms with E-state index in [1.807, 2.05) is 72.1 Å². The zero-order valence-corrected chi connectivity index (χ0v) is 14.9. The van der Waals surface area contributed by atoms with E-state index in [-0.39, 0.29) is 24.0 Å². The maximum Gasteiger partial charge on any atom is 0.140 e. The quantitative estimate of drug-likeness (QED) is 0.294. The van der Waals surface area contributed by atoms with Gasteiger partial charge in [0.2, 0.25) is 0 Å². The van der Waals surface area contributed by atoms with Crippen LogP contribution in [0.5, 0.6) is 0 Å². The zero-order chi connectivity index (χ0) is 14.5. The van der Waals surface area contributed by atoms with E-state index < -0.39 is 0 Å². The van der Waals surface area contributed by atoms with Gasteiger partial charge in [0.05, 0.1) is 4.88 Å². The molecule has 0 atom stereocenters. The molecule has 0 aliphatic rings. The van der Waals surface area contributed by atoms with Gasteiger partial charge in [-0.2, -0.15) is 0 Å². The van der Waals surface area contributed by atoms with Gasteiger partial charge >= 0.3 is 0 Å². The van der Waals surface area contributed by atoms with Crippen molar-refractivity contribution in [2.45, 2.75) is 0 Å². The van der Waals surface area contributed by atoms with Crippen molar-refractivity contribution in [3.8, 4) is 0 Å². The molecule has 112 valence electrons. The number of rotatable bonds is 4. The highest BCUT2D eigenvalue weighted by atomic mass is 127. The van der Waals surface area contributed by atoms with E-state index in [0.29, 0.717) is 5.84 Å². The number of para-hydroxylation sites is 1. The second-order valence-electron chi connectivity index (χ2n) is 4.55. The van der Waals surface area contributed by atoms with E-state index in [0.717, 1.165) is 21.9 Å². The van der Waals surface area contributed by atoms with Crippen LogP contribution in [0.1, 0.15) is 4.88 Å². The lowest BCUT2D eigenvalue weighted by molar-refractivity contribution is 1.47. The molecular formula is C17H16IN3S. The minimum absolute atomic E-state index is 0. The first kappa shape index (κ1) is 16.5. The topological polar surface area (TPSA) is 47.9 Å². The van der Waals surface area contributed by atoms with Crippen molar-refractivity contribution < 1.29 is 0 Å². The molecule has 0 saturated heterocycles. The van der Waals surface area contributed by atoms with Gasteiger partial charge in [-0.05, 0) is 47.8 Å². The van der Waals surface area contributed by atoms with Gasteiger partial charge in [-0.15, -0.1) is 35.3 Å². The molecule has 0 aliphatic carbocycles. The molecule has 3 nitrogen and oxygen atoms in total. The van der Waals surface area contributed by atoms with Gasteiger partial charge in [-0.1, -0.05) is 24.3 Å². The molecule has 2 aromatic carbocycles. The normalized spacial score (nSPS) is 9.64. The summed E-state index contributed by atoms with van der Waals surface area (Å²) in [6, 6.07) is 21.9. The SMILES string of the molecule is I.N=C(Nc1ccc(Nc2ccccc2)cc1)c1cccs1.